The van der Waals surface area contributed by atoms with E-state index in [0.717, 1.165) is 10.4 Å². The minimum atomic E-state index is -0.870. The Hall–Kier alpha value is -2.14. The van der Waals surface area contributed by atoms with E-state index in [-0.39, 0.29) is 5.91 Å². The highest BCUT2D eigenvalue weighted by atomic mass is 32.1. The van der Waals surface area contributed by atoms with E-state index in [9.17, 15) is 4.79 Å². The second-order valence-electron chi connectivity index (χ2n) is 4.66. The molecule has 1 amide bonds. The molecule has 3 rings (SSSR count). The molecule has 0 aliphatic carbocycles. The molecule has 1 aliphatic heterocycles. The predicted molar refractivity (Wildman–Crippen MR) is 78.3 cm³/mol. The molecule has 0 saturated carbocycles. The number of hydrazone groups is 1. The summed E-state index contributed by atoms with van der Waals surface area (Å²) in [6.45, 7) is 3.35. The Balaban J connectivity index is 2.02. The van der Waals surface area contributed by atoms with Crippen molar-refractivity contribution in [2.75, 3.05) is 0 Å². The quantitative estimate of drug-likeness (QED) is 0.851. The molecule has 0 saturated heterocycles. The zero-order valence-corrected chi connectivity index (χ0v) is 12.1. The van der Waals surface area contributed by atoms with Gasteiger partial charge in [-0.05, 0) is 23.6 Å². The lowest BCUT2D eigenvalue weighted by Crippen LogP contribution is -2.40. The van der Waals surface area contributed by atoms with Crippen LogP contribution >= 0.6 is 11.3 Å². The van der Waals surface area contributed by atoms with Gasteiger partial charge in [-0.15, -0.1) is 16.4 Å². The van der Waals surface area contributed by atoms with Gasteiger partial charge in [0.2, 0.25) is 17.5 Å². The van der Waals surface area contributed by atoms with Gasteiger partial charge in [0.05, 0.1) is 4.88 Å². The van der Waals surface area contributed by atoms with Crippen LogP contribution in [0.15, 0.2) is 52.9 Å². The molecule has 5 heteroatoms. The maximum absolute atomic E-state index is 11.9. The number of amides is 1. The number of hydrogen-bond donors (Lipinski definition) is 0. The lowest BCUT2D eigenvalue weighted by molar-refractivity contribution is -0.145. The summed E-state index contributed by atoms with van der Waals surface area (Å²) < 4.78 is 6.02. The number of thiophene rings is 1. The second kappa shape index (κ2) is 4.76. The van der Waals surface area contributed by atoms with Crippen molar-refractivity contribution in [1.29, 1.82) is 0 Å². The van der Waals surface area contributed by atoms with Crippen molar-refractivity contribution in [3.63, 3.8) is 0 Å². The van der Waals surface area contributed by atoms with Crippen LogP contribution in [0, 0.1) is 0 Å². The fourth-order valence-corrected chi connectivity index (χ4v) is 3.01. The second-order valence-corrected chi connectivity index (χ2v) is 5.61. The number of carbonyl (C=O) groups excluding carboxylic acids is 1. The molecule has 1 unspecified atom stereocenters. The van der Waals surface area contributed by atoms with Gasteiger partial charge >= 0.3 is 0 Å². The number of benzene rings is 1. The van der Waals surface area contributed by atoms with Crippen LogP contribution in [0.1, 0.15) is 24.3 Å². The zero-order chi connectivity index (χ0) is 14.2. The average Bonchev–Trinajstić information content (AvgIpc) is 3.07. The third-order valence-corrected chi connectivity index (χ3v) is 4.25. The Morgan fingerprint density at radius 1 is 1.25 bits per heavy atom. The topological polar surface area (TPSA) is 41.9 Å². The van der Waals surface area contributed by atoms with Crippen LogP contribution < -0.4 is 0 Å². The maximum atomic E-state index is 11.9. The number of carbonyl (C=O) groups is 1. The van der Waals surface area contributed by atoms with E-state index in [2.05, 4.69) is 5.10 Å². The van der Waals surface area contributed by atoms with Gasteiger partial charge in [0.15, 0.2) is 0 Å². The summed E-state index contributed by atoms with van der Waals surface area (Å²) in [6.07, 6.45) is 0. The molecule has 0 fully saturated rings. The van der Waals surface area contributed by atoms with Gasteiger partial charge in [0.25, 0.3) is 0 Å². The van der Waals surface area contributed by atoms with Gasteiger partial charge in [0.1, 0.15) is 0 Å². The van der Waals surface area contributed by atoms with Gasteiger partial charge in [-0.2, -0.15) is 5.01 Å². The van der Waals surface area contributed by atoms with Gasteiger partial charge in [-0.25, -0.2) is 0 Å². The van der Waals surface area contributed by atoms with Crippen molar-refractivity contribution in [3.8, 4) is 0 Å². The smallest absolute Gasteiger partial charge is 0.243 e. The van der Waals surface area contributed by atoms with Crippen LogP contribution in [0.25, 0.3) is 0 Å². The fraction of sp³-hybridized carbons (Fsp3) is 0.200. The van der Waals surface area contributed by atoms with Crippen molar-refractivity contribution in [2.24, 2.45) is 5.10 Å². The molecule has 1 aromatic heterocycles. The maximum Gasteiger partial charge on any atom is 0.243 e. The normalized spacial score (nSPS) is 21.5. The molecule has 2 heterocycles. The molecular weight excluding hydrogens is 272 g/mol. The van der Waals surface area contributed by atoms with Crippen molar-refractivity contribution < 1.29 is 9.53 Å². The van der Waals surface area contributed by atoms with Crippen LogP contribution in [0.4, 0.5) is 0 Å². The number of ether oxygens (including phenoxy) is 1. The first-order valence-corrected chi connectivity index (χ1v) is 7.17. The Morgan fingerprint density at radius 3 is 2.60 bits per heavy atom. The van der Waals surface area contributed by atoms with Crippen LogP contribution in [0.2, 0.25) is 0 Å². The third kappa shape index (κ3) is 2.00. The first kappa shape index (κ1) is 12.9. The Labute approximate surface area is 121 Å². The summed E-state index contributed by atoms with van der Waals surface area (Å²) in [4.78, 5) is 12.8. The van der Waals surface area contributed by atoms with E-state index in [1.54, 1.807) is 11.3 Å². The first-order valence-electron chi connectivity index (χ1n) is 6.29. The molecule has 20 heavy (non-hydrogen) atoms. The largest absolute Gasteiger partial charge is 0.442 e. The van der Waals surface area contributed by atoms with Gasteiger partial charge < -0.3 is 4.74 Å². The molecule has 0 spiro atoms. The third-order valence-electron chi connectivity index (χ3n) is 3.19. The Morgan fingerprint density at radius 2 is 2.00 bits per heavy atom. The summed E-state index contributed by atoms with van der Waals surface area (Å²) in [5.41, 5.74) is -0.00965. The Kier molecular flexibility index (Phi) is 3.06. The summed E-state index contributed by atoms with van der Waals surface area (Å²) in [5, 5.41) is 7.72. The average molecular weight is 286 g/mol. The number of hydrogen-bond acceptors (Lipinski definition) is 4. The summed E-state index contributed by atoms with van der Waals surface area (Å²) in [5.74, 6) is 0.323. The molecule has 1 atom stereocenters. The molecular formula is C15H14N2O2S. The van der Waals surface area contributed by atoms with E-state index >= 15 is 0 Å². The fourth-order valence-electron chi connectivity index (χ4n) is 2.20. The zero-order valence-electron chi connectivity index (χ0n) is 11.2. The Bertz CT molecular complexity index is 652. The van der Waals surface area contributed by atoms with Crippen LogP contribution in [0.3, 0.4) is 0 Å². The SMILES string of the molecule is CC(=O)N1N=C(c2ccccc2)OC1(C)c1cccs1. The highest BCUT2D eigenvalue weighted by molar-refractivity contribution is 7.10. The summed E-state index contributed by atoms with van der Waals surface area (Å²) >= 11 is 1.55. The monoisotopic (exact) mass is 286 g/mol. The van der Waals surface area contributed by atoms with Crippen molar-refractivity contribution >= 4 is 23.1 Å². The highest BCUT2D eigenvalue weighted by Gasteiger charge is 2.45. The first-order chi connectivity index (χ1) is 9.61. The number of nitrogens with zero attached hydrogens (tertiary/aromatic N) is 2. The molecule has 2 aromatic rings. The lowest BCUT2D eigenvalue weighted by atomic mass is 10.2. The molecule has 0 radical (unpaired) electrons. The molecule has 102 valence electrons. The van der Waals surface area contributed by atoms with E-state index in [1.807, 2.05) is 54.8 Å². The lowest BCUT2D eigenvalue weighted by Gasteiger charge is -2.29. The van der Waals surface area contributed by atoms with Gasteiger partial charge in [-0.3, -0.25) is 4.79 Å². The number of rotatable bonds is 2. The van der Waals surface area contributed by atoms with Gasteiger partial charge in [-0.1, -0.05) is 24.3 Å². The minimum Gasteiger partial charge on any atom is -0.442 e. The van der Waals surface area contributed by atoms with E-state index in [4.69, 9.17) is 4.74 Å². The molecule has 1 aromatic carbocycles. The van der Waals surface area contributed by atoms with Crippen molar-refractivity contribution in [2.45, 2.75) is 19.6 Å². The van der Waals surface area contributed by atoms with Crippen molar-refractivity contribution in [1.82, 2.24) is 5.01 Å². The van der Waals surface area contributed by atoms with Gasteiger partial charge in [0, 0.05) is 19.4 Å². The minimum absolute atomic E-state index is 0.146. The molecule has 4 nitrogen and oxygen atoms in total. The van der Waals surface area contributed by atoms with E-state index in [1.165, 1.54) is 11.9 Å². The van der Waals surface area contributed by atoms with E-state index < -0.39 is 5.72 Å². The molecule has 0 bridgehead atoms. The predicted octanol–water partition coefficient (Wildman–Crippen LogP) is 3.16. The van der Waals surface area contributed by atoms with Crippen LogP contribution in [-0.2, 0) is 15.3 Å². The van der Waals surface area contributed by atoms with E-state index in [0.29, 0.717) is 5.90 Å². The summed E-state index contributed by atoms with van der Waals surface area (Å²) in [6, 6.07) is 13.5. The van der Waals surface area contributed by atoms with Crippen LogP contribution in [-0.4, -0.2) is 16.8 Å². The molecule has 0 N–H and O–H groups in total. The van der Waals surface area contributed by atoms with Crippen molar-refractivity contribution in [3.05, 3.63) is 58.3 Å². The molecule has 1 aliphatic rings. The van der Waals surface area contributed by atoms with Crippen LogP contribution in [0.5, 0.6) is 0 Å². The summed E-state index contributed by atoms with van der Waals surface area (Å²) in [7, 11) is 0. The standard InChI is InChI=1S/C15H14N2O2S/c1-11(18)17-15(2,13-9-6-10-20-13)19-14(16-17)12-7-4-3-5-8-12/h3-10H,1-2H3. The highest BCUT2D eigenvalue weighted by Crippen LogP contribution is 2.38.